The number of carboxylic acid groups (broad SMARTS) is 1. The first-order valence-electron chi connectivity index (χ1n) is 12.6. The number of hydrogen-bond acceptors (Lipinski definition) is 4. The summed E-state index contributed by atoms with van der Waals surface area (Å²) >= 11 is 0. The molecule has 1 atom stereocenters. The average Bonchev–Trinajstić information content (AvgIpc) is 3.55. The zero-order valence-corrected chi connectivity index (χ0v) is 20.8. The van der Waals surface area contributed by atoms with Crippen molar-refractivity contribution in [1.82, 2.24) is 9.78 Å². The van der Waals surface area contributed by atoms with E-state index in [2.05, 4.69) is 35.0 Å². The molecule has 1 aromatic heterocycles. The van der Waals surface area contributed by atoms with E-state index >= 15 is 0 Å². The van der Waals surface area contributed by atoms with Gasteiger partial charge in [-0.25, -0.2) is 0 Å². The van der Waals surface area contributed by atoms with Crippen LogP contribution in [0.3, 0.4) is 0 Å². The summed E-state index contributed by atoms with van der Waals surface area (Å²) in [5.41, 5.74) is 5.31. The molecular formula is C30H32N2O4. The highest BCUT2D eigenvalue weighted by molar-refractivity contribution is 5.94. The van der Waals surface area contributed by atoms with Gasteiger partial charge in [-0.3, -0.25) is 9.48 Å². The number of benzene rings is 3. The van der Waals surface area contributed by atoms with Gasteiger partial charge in [0.1, 0.15) is 23.8 Å². The Kier molecular flexibility index (Phi) is 6.94. The number of carbonyl (C=O) groups is 1. The van der Waals surface area contributed by atoms with Crippen LogP contribution in [0.2, 0.25) is 0 Å². The normalized spacial score (nSPS) is 14.7. The molecule has 0 saturated heterocycles. The molecule has 5 rings (SSSR count). The van der Waals surface area contributed by atoms with E-state index in [1.54, 1.807) is 7.11 Å². The molecule has 186 valence electrons. The molecule has 0 amide bonds. The van der Waals surface area contributed by atoms with Crippen LogP contribution in [-0.2, 0) is 11.4 Å². The van der Waals surface area contributed by atoms with Gasteiger partial charge in [0.05, 0.1) is 25.1 Å². The lowest BCUT2D eigenvalue weighted by Gasteiger charge is -2.13. The summed E-state index contributed by atoms with van der Waals surface area (Å²) in [6.07, 6.45) is 4.92. The van der Waals surface area contributed by atoms with Gasteiger partial charge in [0, 0.05) is 10.9 Å². The van der Waals surface area contributed by atoms with E-state index in [9.17, 15) is 4.79 Å². The Bertz CT molecular complexity index is 1340. The highest BCUT2D eigenvalue weighted by Gasteiger charge is 2.22. The molecule has 6 heteroatoms. The van der Waals surface area contributed by atoms with Crippen molar-refractivity contribution in [2.24, 2.45) is 0 Å². The lowest BCUT2D eigenvalue weighted by molar-refractivity contribution is -0.137. The van der Waals surface area contributed by atoms with Gasteiger partial charge in [0.15, 0.2) is 0 Å². The van der Waals surface area contributed by atoms with Crippen LogP contribution in [-0.4, -0.2) is 28.0 Å². The molecule has 3 aromatic carbocycles. The second kappa shape index (κ2) is 10.4. The minimum absolute atomic E-state index is 0.0327. The van der Waals surface area contributed by atoms with Gasteiger partial charge in [-0.05, 0) is 72.4 Å². The zero-order valence-electron chi connectivity index (χ0n) is 20.8. The lowest BCUT2D eigenvalue weighted by Crippen LogP contribution is -2.06. The average molecular weight is 485 g/mol. The van der Waals surface area contributed by atoms with E-state index in [-0.39, 0.29) is 12.3 Å². The number of nitrogens with zero attached hydrogens (tertiary/aromatic N) is 2. The quantitative estimate of drug-likeness (QED) is 0.277. The molecule has 1 N–H and O–H groups in total. The fourth-order valence-corrected chi connectivity index (χ4v) is 5.10. The van der Waals surface area contributed by atoms with Crippen molar-refractivity contribution in [2.75, 3.05) is 7.11 Å². The van der Waals surface area contributed by atoms with Crippen molar-refractivity contribution in [2.45, 2.75) is 57.6 Å². The van der Waals surface area contributed by atoms with E-state index in [0.717, 1.165) is 57.6 Å². The van der Waals surface area contributed by atoms with Crippen molar-refractivity contribution in [3.05, 3.63) is 77.9 Å². The molecule has 4 aromatic rings. The number of fused-ring (bicyclic) bond motifs is 1. The van der Waals surface area contributed by atoms with Crippen molar-refractivity contribution < 1.29 is 19.4 Å². The summed E-state index contributed by atoms with van der Waals surface area (Å²) in [5.74, 6) is 0.784. The highest BCUT2D eigenvalue weighted by Crippen LogP contribution is 2.36. The van der Waals surface area contributed by atoms with Gasteiger partial charge in [-0.2, -0.15) is 5.10 Å². The van der Waals surface area contributed by atoms with Crippen LogP contribution in [0.25, 0.3) is 22.2 Å². The van der Waals surface area contributed by atoms with Crippen LogP contribution in [0.4, 0.5) is 0 Å². The largest absolute Gasteiger partial charge is 0.497 e. The van der Waals surface area contributed by atoms with Crippen LogP contribution in [0, 0.1) is 0 Å². The van der Waals surface area contributed by atoms with Crippen LogP contribution < -0.4 is 9.47 Å². The van der Waals surface area contributed by atoms with E-state index in [4.69, 9.17) is 19.7 Å². The number of aromatic nitrogens is 2. The van der Waals surface area contributed by atoms with Gasteiger partial charge >= 0.3 is 5.97 Å². The predicted octanol–water partition coefficient (Wildman–Crippen LogP) is 6.98. The zero-order chi connectivity index (χ0) is 25.1. The maximum Gasteiger partial charge on any atom is 0.303 e. The van der Waals surface area contributed by atoms with Crippen LogP contribution in [0.1, 0.15) is 62.1 Å². The lowest BCUT2D eigenvalue weighted by atomic mass is 9.98. The Balaban J connectivity index is 1.39. The first-order valence-corrected chi connectivity index (χ1v) is 12.6. The molecule has 0 spiro atoms. The fraction of sp³-hybridized carbons (Fsp3) is 0.333. The van der Waals surface area contributed by atoms with Gasteiger partial charge in [-0.15, -0.1) is 0 Å². The topological polar surface area (TPSA) is 73.6 Å². The van der Waals surface area contributed by atoms with Gasteiger partial charge in [0.25, 0.3) is 0 Å². The molecule has 36 heavy (non-hydrogen) atoms. The third kappa shape index (κ3) is 5.08. The summed E-state index contributed by atoms with van der Waals surface area (Å²) in [4.78, 5) is 11.0. The van der Waals surface area contributed by atoms with E-state index in [1.165, 1.54) is 12.8 Å². The summed E-state index contributed by atoms with van der Waals surface area (Å²) in [6.45, 7) is 2.38. The number of ether oxygens (including phenoxy) is 2. The predicted molar refractivity (Wildman–Crippen MR) is 141 cm³/mol. The van der Waals surface area contributed by atoms with Crippen LogP contribution in [0.15, 0.2) is 66.7 Å². The Hall–Kier alpha value is -3.80. The van der Waals surface area contributed by atoms with Crippen molar-refractivity contribution in [1.29, 1.82) is 0 Å². The minimum Gasteiger partial charge on any atom is -0.497 e. The van der Waals surface area contributed by atoms with E-state index < -0.39 is 5.97 Å². The number of aliphatic carboxylic acids is 1. The molecule has 1 saturated carbocycles. The summed E-state index contributed by atoms with van der Waals surface area (Å²) in [7, 11) is 1.68. The Morgan fingerprint density at radius 1 is 1.03 bits per heavy atom. The first-order chi connectivity index (χ1) is 17.5. The van der Waals surface area contributed by atoms with Crippen molar-refractivity contribution >= 4 is 16.9 Å². The molecular weight excluding hydrogens is 452 g/mol. The highest BCUT2D eigenvalue weighted by atomic mass is 16.5. The summed E-state index contributed by atoms with van der Waals surface area (Å²) in [6, 6.07) is 22.7. The standard InChI is InChI=1S/C30H32N2O4/c1-20(17-29(33)34)22-8-14-26(15-9-22)36-19-21-7-16-27-28(18-21)32(24-5-3-4-6-24)31-30(27)23-10-12-25(35-2)13-11-23/h7-16,18,20,24H,3-6,17,19H2,1-2H3,(H,33,34)/t20-/m1/s1. The third-order valence-electron chi connectivity index (χ3n) is 7.14. The first kappa shape index (κ1) is 23.9. The molecule has 6 nitrogen and oxygen atoms in total. The Labute approximate surface area is 211 Å². The number of rotatable bonds is 9. The number of hydrogen-bond donors (Lipinski definition) is 1. The second-order valence-corrected chi connectivity index (χ2v) is 9.67. The molecule has 1 fully saturated rings. The molecule has 1 aliphatic carbocycles. The maximum absolute atomic E-state index is 11.0. The molecule has 1 heterocycles. The van der Waals surface area contributed by atoms with Gasteiger partial charge < -0.3 is 14.6 Å². The molecule has 0 bridgehead atoms. The summed E-state index contributed by atoms with van der Waals surface area (Å²) < 4.78 is 13.6. The van der Waals surface area contributed by atoms with Crippen LogP contribution in [0.5, 0.6) is 11.5 Å². The molecule has 0 unspecified atom stereocenters. The van der Waals surface area contributed by atoms with Crippen molar-refractivity contribution in [3.8, 4) is 22.8 Å². The fourth-order valence-electron chi connectivity index (χ4n) is 5.10. The minimum atomic E-state index is -0.787. The third-order valence-corrected chi connectivity index (χ3v) is 7.14. The SMILES string of the molecule is COc1ccc(-c2nn(C3CCCC3)c3cc(COc4ccc([C@H](C)CC(=O)O)cc4)ccc23)cc1. The smallest absolute Gasteiger partial charge is 0.303 e. The number of carboxylic acids is 1. The van der Waals surface area contributed by atoms with Crippen LogP contribution >= 0.6 is 0 Å². The monoisotopic (exact) mass is 484 g/mol. The maximum atomic E-state index is 11.0. The molecule has 0 radical (unpaired) electrons. The van der Waals surface area contributed by atoms with Crippen molar-refractivity contribution in [3.63, 3.8) is 0 Å². The van der Waals surface area contributed by atoms with E-state index in [0.29, 0.717) is 12.6 Å². The number of methoxy groups -OCH3 is 1. The molecule has 0 aliphatic heterocycles. The Morgan fingerprint density at radius 2 is 1.72 bits per heavy atom. The van der Waals surface area contributed by atoms with E-state index in [1.807, 2.05) is 43.3 Å². The summed E-state index contributed by atoms with van der Waals surface area (Å²) in [5, 5.41) is 15.3. The molecule has 1 aliphatic rings. The van der Waals surface area contributed by atoms with Gasteiger partial charge in [0.2, 0.25) is 0 Å². The Morgan fingerprint density at radius 3 is 2.39 bits per heavy atom. The van der Waals surface area contributed by atoms with Gasteiger partial charge in [-0.1, -0.05) is 44.0 Å². The second-order valence-electron chi connectivity index (χ2n) is 9.67.